The van der Waals surface area contributed by atoms with Crippen LogP contribution in [0.4, 0.5) is 0 Å². The van der Waals surface area contributed by atoms with Crippen LogP contribution in [-0.4, -0.2) is 45.5 Å². The van der Waals surface area contributed by atoms with E-state index in [0.717, 1.165) is 42.8 Å². The Bertz CT molecular complexity index is 702. The monoisotopic (exact) mass is 356 g/mol. The first-order chi connectivity index (χ1) is 10.2. The van der Waals surface area contributed by atoms with Gasteiger partial charge in [-0.1, -0.05) is 12.1 Å². The molecule has 2 aliphatic rings. The summed E-state index contributed by atoms with van der Waals surface area (Å²) in [5.74, 6) is 1.34. The van der Waals surface area contributed by atoms with Gasteiger partial charge in [0.1, 0.15) is 5.82 Å². The molecule has 2 saturated heterocycles. The number of para-hydroxylation sites is 2. The lowest BCUT2D eigenvalue weighted by Gasteiger charge is -2.23. The number of likely N-dealkylation sites (tertiary alicyclic amines) is 1. The average molecular weight is 357 g/mol. The maximum atomic E-state index is 12.1. The predicted octanol–water partition coefficient (Wildman–Crippen LogP) is 1.92. The number of nitrogens with zero attached hydrogens (tertiary/aromatic N) is 3. The molecule has 0 radical (unpaired) electrons. The molecular weight excluding hydrogens is 335 g/mol. The summed E-state index contributed by atoms with van der Waals surface area (Å²) in [5, 5.41) is 3.43. The SMILES string of the molecule is Cl.Cl.Cn1c(CCN2C(=O)C[C@H]3NCC[C@H]32)nc2ccccc21. The Balaban J connectivity index is 0.000000960. The molecule has 23 heavy (non-hydrogen) atoms. The fourth-order valence-electron chi connectivity index (χ4n) is 3.76. The highest BCUT2D eigenvalue weighted by atomic mass is 35.5. The third kappa shape index (κ3) is 3.05. The van der Waals surface area contributed by atoms with Gasteiger partial charge < -0.3 is 14.8 Å². The van der Waals surface area contributed by atoms with Crippen LogP contribution in [0, 0.1) is 0 Å². The number of aromatic nitrogens is 2. The summed E-state index contributed by atoms with van der Waals surface area (Å²) in [6.45, 7) is 1.81. The van der Waals surface area contributed by atoms with Crippen LogP contribution in [0.1, 0.15) is 18.7 Å². The third-order valence-corrected chi connectivity index (χ3v) is 4.88. The van der Waals surface area contributed by atoms with E-state index in [4.69, 9.17) is 4.98 Å². The molecule has 4 rings (SSSR count). The van der Waals surface area contributed by atoms with Gasteiger partial charge >= 0.3 is 0 Å². The van der Waals surface area contributed by atoms with Crippen molar-refractivity contribution < 1.29 is 4.79 Å². The van der Waals surface area contributed by atoms with Crippen LogP contribution in [0.25, 0.3) is 11.0 Å². The Morgan fingerprint density at radius 1 is 1.30 bits per heavy atom. The van der Waals surface area contributed by atoms with Crippen molar-refractivity contribution in [3.05, 3.63) is 30.1 Å². The minimum Gasteiger partial charge on any atom is -0.338 e. The lowest BCUT2D eigenvalue weighted by molar-refractivity contribution is -0.129. The van der Waals surface area contributed by atoms with E-state index in [9.17, 15) is 4.79 Å². The quantitative estimate of drug-likeness (QED) is 0.913. The van der Waals surface area contributed by atoms with Crippen LogP contribution in [0.3, 0.4) is 0 Å². The van der Waals surface area contributed by atoms with Crippen LogP contribution in [0.2, 0.25) is 0 Å². The standard InChI is InChI=1S/C16H20N4O.2ClH/c1-19-13-5-3-2-4-11(13)18-15(19)7-9-20-14-6-8-17-12(14)10-16(20)21;;/h2-5,12,14,17H,6-10H2,1H3;2*1H/t12-,14-;;/m1../s1. The fourth-order valence-corrected chi connectivity index (χ4v) is 3.76. The smallest absolute Gasteiger partial charge is 0.224 e. The van der Waals surface area contributed by atoms with Crippen molar-refractivity contribution in [3.63, 3.8) is 0 Å². The van der Waals surface area contributed by atoms with Crippen molar-refractivity contribution >= 4 is 41.8 Å². The minimum atomic E-state index is 0. The molecule has 7 heteroatoms. The van der Waals surface area contributed by atoms with E-state index in [1.807, 2.05) is 18.2 Å². The second-order valence-electron chi connectivity index (χ2n) is 6.03. The third-order valence-electron chi connectivity index (χ3n) is 4.88. The largest absolute Gasteiger partial charge is 0.338 e. The van der Waals surface area contributed by atoms with Crippen molar-refractivity contribution in [1.82, 2.24) is 19.8 Å². The second-order valence-corrected chi connectivity index (χ2v) is 6.03. The molecule has 0 bridgehead atoms. The molecule has 1 N–H and O–H groups in total. The molecule has 2 aromatic rings. The molecule has 1 aromatic carbocycles. The number of rotatable bonds is 3. The number of imidazole rings is 1. The molecule has 3 heterocycles. The summed E-state index contributed by atoms with van der Waals surface area (Å²) in [7, 11) is 2.05. The summed E-state index contributed by atoms with van der Waals surface area (Å²) in [6.07, 6.45) is 2.56. The number of carbonyl (C=O) groups is 1. The number of aryl methyl sites for hydroxylation is 1. The second kappa shape index (κ2) is 7.07. The number of benzene rings is 1. The lowest BCUT2D eigenvalue weighted by atomic mass is 10.1. The first-order valence-corrected chi connectivity index (χ1v) is 7.67. The van der Waals surface area contributed by atoms with Gasteiger partial charge in [0.15, 0.2) is 0 Å². The molecule has 0 aliphatic carbocycles. The van der Waals surface area contributed by atoms with Gasteiger partial charge in [-0.25, -0.2) is 4.98 Å². The van der Waals surface area contributed by atoms with E-state index in [2.05, 4.69) is 27.9 Å². The molecule has 1 amide bonds. The van der Waals surface area contributed by atoms with E-state index >= 15 is 0 Å². The van der Waals surface area contributed by atoms with Gasteiger partial charge in [-0.2, -0.15) is 0 Å². The molecule has 2 aliphatic heterocycles. The molecular formula is C16H22Cl2N4O. The zero-order valence-corrected chi connectivity index (χ0v) is 14.7. The molecule has 0 saturated carbocycles. The summed E-state index contributed by atoms with van der Waals surface area (Å²) >= 11 is 0. The highest BCUT2D eigenvalue weighted by Gasteiger charge is 2.41. The van der Waals surface area contributed by atoms with Crippen molar-refractivity contribution in [3.8, 4) is 0 Å². The number of fused-ring (bicyclic) bond motifs is 2. The van der Waals surface area contributed by atoms with Gasteiger partial charge in [0.2, 0.25) is 5.91 Å². The molecule has 126 valence electrons. The van der Waals surface area contributed by atoms with Crippen molar-refractivity contribution in [2.45, 2.75) is 31.3 Å². The van der Waals surface area contributed by atoms with Gasteiger partial charge in [0, 0.05) is 38.5 Å². The maximum Gasteiger partial charge on any atom is 0.224 e. The predicted molar refractivity (Wildman–Crippen MR) is 95.4 cm³/mol. The fraction of sp³-hybridized carbons (Fsp3) is 0.500. The summed E-state index contributed by atoms with van der Waals surface area (Å²) < 4.78 is 2.14. The number of nitrogens with one attached hydrogen (secondary N) is 1. The maximum absolute atomic E-state index is 12.1. The van der Waals surface area contributed by atoms with Gasteiger partial charge in [-0.3, -0.25) is 4.79 Å². The zero-order valence-electron chi connectivity index (χ0n) is 13.1. The molecule has 0 unspecified atom stereocenters. The number of halogens is 2. The minimum absolute atomic E-state index is 0. The molecule has 5 nitrogen and oxygen atoms in total. The molecule has 2 fully saturated rings. The summed E-state index contributed by atoms with van der Waals surface area (Å²) in [6, 6.07) is 8.94. The highest BCUT2D eigenvalue weighted by Crippen LogP contribution is 2.26. The van der Waals surface area contributed by atoms with E-state index < -0.39 is 0 Å². The number of hydrogen-bond acceptors (Lipinski definition) is 3. The van der Waals surface area contributed by atoms with Crippen LogP contribution in [0.15, 0.2) is 24.3 Å². The van der Waals surface area contributed by atoms with Gasteiger partial charge in [0.25, 0.3) is 0 Å². The van der Waals surface area contributed by atoms with Crippen LogP contribution in [0.5, 0.6) is 0 Å². The van der Waals surface area contributed by atoms with Gasteiger partial charge in [0.05, 0.1) is 11.0 Å². The van der Waals surface area contributed by atoms with E-state index in [1.54, 1.807) is 0 Å². The van der Waals surface area contributed by atoms with E-state index in [1.165, 1.54) is 0 Å². The highest BCUT2D eigenvalue weighted by molar-refractivity contribution is 5.85. The molecule has 0 spiro atoms. The van der Waals surface area contributed by atoms with Crippen LogP contribution in [-0.2, 0) is 18.3 Å². The number of hydrogen-bond donors (Lipinski definition) is 1. The normalized spacial score (nSPS) is 22.8. The Morgan fingerprint density at radius 3 is 2.87 bits per heavy atom. The molecule has 2 atom stereocenters. The summed E-state index contributed by atoms with van der Waals surface area (Å²) in [4.78, 5) is 18.9. The number of amides is 1. The van der Waals surface area contributed by atoms with Crippen LogP contribution >= 0.6 is 24.8 Å². The lowest BCUT2D eigenvalue weighted by Crippen LogP contribution is -2.37. The van der Waals surface area contributed by atoms with Gasteiger partial charge in [-0.05, 0) is 25.1 Å². The van der Waals surface area contributed by atoms with E-state index in [-0.39, 0.29) is 30.7 Å². The van der Waals surface area contributed by atoms with Crippen LogP contribution < -0.4 is 5.32 Å². The average Bonchev–Trinajstić information content (AvgIpc) is 3.12. The summed E-state index contributed by atoms with van der Waals surface area (Å²) in [5.41, 5.74) is 2.18. The Labute approximate surface area is 148 Å². The van der Waals surface area contributed by atoms with Crippen molar-refractivity contribution in [2.75, 3.05) is 13.1 Å². The van der Waals surface area contributed by atoms with Crippen molar-refractivity contribution in [2.24, 2.45) is 7.05 Å². The topological polar surface area (TPSA) is 50.2 Å². The molecule has 1 aromatic heterocycles. The first kappa shape index (κ1) is 18.0. The van der Waals surface area contributed by atoms with Gasteiger partial charge in [-0.15, -0.1) is 24.8 Å². The number of carbonyl (C=O) groups excluding carboxylic acids is 1. The first-order valence-electron chi connectivity index (χ1n) is 7.67. The Morgan fingerprint density at radius 2 is 2.09 bits per heavy atom. The zero-order chi connectivity index (χ0) is 14.4. The van der Waals surface area contributed by atoms with E-state index in [0.29, 0.717) is 18.5 Å². The Kier molecular flexibility index (Phi) is 5.55. The van der Waals surface area contributed by atoms with Crippen molar-refractivity contribution in [1.29, 1.82) is 0 Å². The Hall–Kier alpha value is -1.30.